The van der Waals surface area contributed by atoms with Gasteiger partial charge >= 0.3 is 0 Å². The van der Waals surface area contributed by atoms with Crippen molar-refractivity contribution in [2.45, 2.75) is 46.3 Å². The maximum atomic E-state index is 5.87. The van der Waals surface area contributed by atoms with Gasteiger partial charge in [0, 0.05) is 34.6 Å². The maximum absolute atomic E-state index is 5.87. The number of benzene rings is 1. The van der Waals surface area contributed by atoms with E-state index in [4.69, 9.17) is 5.73 Å². The highest BCUT2D eigenvalue weighted by Gasteiger charge is 2.12. The van der Waals surface area contributed by atoms with Crippen LogP contribution in [0.15, 0.2) is 36.4 Å². The van der Waals surface area contributed by atoms with E-state index < -0.39 is 0 Å². The molecule has 2 rings (SSSR count). The predicted octanol–water partition coefficient (Wildman–Crippen LogP) is 4.30. The summed E-state index contributed by atoms with van der Waals surface area (Å²) in [6, 6.07) is 13.2. The summed E-state index contributed by atoms with van der Waals surface area (Å²) in [5.74, 6) is 0. The minimum absolute atomic E-state index is 0.517. The molecule has 20 heavy (non-hydrogen) atoms. The van der Waals surface area contributed by atoms with Crippen LogP contribution >= 0.6 is 11.3 Å². The van der Waals surface area contributed by atoms with E-state index in [-0.39, 0.29) is 0 Å². The summed E-state index contributed by atoms with van der Waals surface area (Å²) in [5, 5.41) is 0. The minimum atomic E-state index is 0.517. The van der Waals surface area contributed by atoms with Crippen molar-refractivity contribution in [3.8, 4) is 0 Å². The molecule has 0 fully saturated rings. The number of anilines is 1. The van der Waals surface area contributed by atoms with Gasteiger partial charge in [-0.25, -0.2) is 0 Å². The van der Waals surface area contributed by atoms with E-state index in [0.29, 0.717) is 6.04 Å². The van der Waals surface area contributed by atoms with Crippen LogP contribution in [0.2, 0.25) is 0 Å². The molecule has 1 aromatic heterocycles. The topological polar surface area (TPSA) is 29.3 Å². The summed E-state index contributed by atoms with van der Waals surface area (Å²) in [6.45, 7) is 8.67. The summed E-state index contributed by atoms with van der Waals surface area (Å²) >= 11 is 1.93. The Labute approximate surface area is 126 Å². The van der Waals surface area contributed by atoms with E-state index >= 15 is 0 Å². The van der Waals surface area contributed by atoms with E-state index in [9.17, 15) is 0 Å². The standard InChI is InChI=1S/C17H24N2S/c1-4-16-8-9-17(20-16)12-19(13(2)3)11-14-6-5-7-15(18)10-14/h5-10,13H,4,11-12,18H2,1-3H3. The molecule has 0 spiro atoms. The maximum Gasteiger partial charge on any atom is 0.0334 e. The summed E-state index contributed by atoms with van der Waals surface area (Å²) < 4.78 is 0. The third-order valence-corrected chi connectivity index (χ3v) is 4.71. The number of nitrogens with two attached hydrogens (primary N) is 1. The summed E-state index contributed by atoms with van der Waals surface area (Å²) in [7, 11) is 0. The highest BCUT2D eigenvalue weighted by molar-refractivity contribution is 7.11. The summed E-state index contributed by atoms with van der Waals surface area (Å²) in [5.41, 5.74) is 7.99. The van der Waals surface area contributed by atoms with E-state index in [1.54, 1.807) is 0 Å². The Balaban J connectivity index is 2.07. The van der Waals surface area contributed by atoms with Crippen LogP contribution < -0.4 is 5.73 Å². The van der Waals surface area contributed by atoms with E-state index in [0.717, 1.165) is 25.2 Å². The first-order chi connectivity index (χ1) is 9.58. The Morgan fingerprint density at radius 1 is 1.10 bits per heavy atom. The van der Waals surface area contributed by atoms with Gasteiger partial charge in [0.1, 0.15) is 0 Å². The first-order valence-electron chi connectivity index (χ1n) is 7.24. The average molecular weight is 288 g/mol. The molecule has 0 aliphatic carbocycles. The van der Waals surface area contributed by atoms with Crippen LogP contribution in [-0.2, 0) is 19.5 Å². The smallest absolute Gasteiger partial charge is 0.0334 e. The number of nitrogen functional groups attached to an aromatic ring is 1. The lowest BCUT2D eigenvalue weighted by Crippen LogP contribution is -2.29. The average Bonchev–Trinajstić information content (AvgIpc) is 2.85. The number of thiophene rings is 1. The highest BCUT2D eigenvalue weighted by atomic mass is 32.1. The van der Waals surface area contributed by atoms with Gasteiger partial charge < -0.3 is 5.73 Å². The number of hydrogen-bond donors (Lipinski definition) is 1. The molecule has 0 amide bonds. The van der Waals surface area contributed by atoms with Crippen molar-refractivity contribution < 1.29 is 0 Å². The monoisotopic (exact) mass is 288 g/mol. The van der Waals surface area contributed by atoms with Crippen LogP contribution in [0.5, 0.6) is 0 Å². The van der Waals surface area contributed by atoms with Gasteiger partial charge in [0.2, 0.25) is 0 Å². The Hall–Kier alpha value is -1.32. The second-order valence-electron chi connectivity index (χ2n) is 5.47. The fraction of sp³-hybridized carbons (Fsp3) is 0.412. The van der Waals surface area contributed by atoms with Gasteiger partial charge in [-0.3, -0.25) is 4.90 Å². The molecule has 0 unspecified atom stereocenters. The zero-order valence-corrected chi connectivity index (χ0v) is 13.4. The fourth-order valence-electron chi connectivity index (χ4n) is 2.24. The molecule has 0 radical (unpaired) electrons. The Morgan fingerprint density at radius 3 is 2.45 bits per heavy atom. The van der Waals surface area contributed by atoms with Crippen LogP contribution in [0, 0.1) is 0 Å². The highest BCUT2D eigenvalue weighted by Crippen LogP contribution is 2.21. The summed E-state index contributed by atoms with van der Waals surface area (Å²) in [4.78, 5) is 5.40. The number of hydrogen-bond acceptors (Lipinski definition) is 3. The van der Waals surface area contributed by atoms with E-state index in [1.807, 2.05) is 23.5 Å². The fourth-order valence-corrected chi connectivity index (χ4v) is 3.23. The largest absolute Gasteiger partial charge is 0.399 e. The molecule has 3 heteroatoms. The number of nitrogens with zero attached hydrogens (tertiary/aromatic N) is 1. The van der Waals surface area contributed by atoms with Gasteiger partial charge in [-0.05, 0) is 50.1 Å². The Kier molecular flexibility index (Phi) is 5.21. The zero-order chi connectivity index (χ0) is 14.5. The third-order valence-electron chi connectivity index (χ3n) is 3.49. The van der Waals surface area contributed by atoms with Gasteiger partial charge in [0.05, 0.1) is 0 Å². The van der Waals surface area contributed by atoms with Crippen molar-refractivity contribution in [3.63, 3.8) is 0 Å². The molecule has 2 nitrogen and oxygen atoms in total. The van der Waals surface area contributed by atoms with Gasteiger partial charge in [-0.2, -0.15) is 0 Å². The molecule has 2 aromatic rings. The van der Waals surface area contributed by atoms with Gasteiger partial charge in [0.15, 0.2) is 0 Å². The quantitative estimate of drug-likeness (QED) is 0.803. The number of aryl methyl sites for hydroxylation is 1. The van der Waals surface area contributed by atoms with Gasteiger partial charge in [0.25, 0.3) is 0 Å². The second kappa shape index (κ2) is 6.91. The molecule has 0 saturated carbocycles. The molecule has 0 saturated heterocycles. The molecular formula is C17H24N2S. The molecule has 0 atom stereocenters. The minimum Gasteiger partial charge on any atom is -0.399 e. The van der Waals surface area contributed by atoms with Crippen molar-refractivity contribution in [2.24, 2.45) is 0 Å². The Bertz CT molecular complexity index is 545. The molecule has 0 bridgehead atoms. The molecule has 1 heterocycles. The molecule has 0 aliphatic heterocycles. The Morgan fingerprint density at radius 2 is 1.85 bits per heavy atom. The van der Waals surface area contributed by atoms with Gasteiger partial charge in [-0.15, -0.1) is 11.3 Å². The van der Waals surface area contributed by atoms with Crippen LogP contribution in [0.25, 0.3) is 0 Å². The predicted molar refractivity (Wildman–Crippen MR) is 88.9 cm³/mol. The van der Waals surface area contributed by atoms with E-state index in [1.165, 1.54) is 15.3 Å². The SMILES string of the molecule is CCc1ccc(CN(Cc2cccc(N)c2)C(C)C)s1. The molecular weight excluding hydrogens is 264 g/mol. The van der Waals surface area contributed by atoms with Gasteiger partial charge in [-0.1, -0.05) is 19.1 Å². The van der Waals surface area contributed by atoms with Crippen LogP contribution in [-0.4, -0.2) is 10.9 Å². The first-order valence-corrected chi connectivity index (χ1v) is 8.06. The zero-order valence-electron chi connectivity index (χ0n) is 12.6. The summed E-state index contributed by atoms with van der Waals surface area (Å²) in [6.07, 6.45) is 1.13. The van der Waals surface area contributed by atoms with E-state index in [2.05, 4.69) is 49.9 Å². The van der Waals surface area contributed by atoms with Crippen molar-refractivity contribution in [3.05, 3.63) is 51.7 Å². The third kappa shape index (κ3) is 4.09. The first kappa shape index (κ1) is 15.1. The molecule has 0 aliphatic rings. The van der Waals surface area contributed by atoms with Crippen LogP contribution in [0.4, 0.5) is 5.69 Å². The lowest BCUT2D eigenvalue weighted by atomic mass is 10.1. The number of rotatable bonds is 6. The van der Waals surface area contributed by atoms with Crippen molar-refractivity contribution in [1.82, 2.24) is 4.90 Å². The second-order valence-corrected chi connectivity index (χ2v) is 6.72. The van der Waals surface area contributed by atoms with Crippen molar-refractivity contribution >= 4 is 17.0 Å². The lowest BCUT2D eigenvalue weighted by molar-refractivity contribution is 0.205. The molecule has 1 aromatic carbocycles. The molecule has 2 N–H and O–H groups in total. The van der Waals surface area contributed by atoms with Crippen molar-refractivity contribution in [1.29, 1.82) is 0 Å². The van der Waals surface area contributed by atoms with Crippen LogP contribution in [0.1, 0.15) is 36.1 Å². The van der Waals surface area contributed by atoms with Crippen molar-refractivity contribution in [2.75, 3.05) is 5.73 Å². The van der Waals surface area contributed by atoms with Crippen LogP contribution in [0.3, 0.4) is 0 Å². The lowest BCUT2D eigenvalue weighted by Gasteiger charge is -2.26. The normalized spacial score (nSPS) is 11.4. The molecule has 108 valence electrons.